The molecule has 0 aliphatic carbocycles. The summed E-state index contributed by atoms with van der Waals surface area (Å²) in [5, 5.41) is 3.50. The molecular formula is C39H28N2O2. The average molecular weight is 557 g/mol. The maximum atomic E-state index is 6.22. The molecule has 0 amide bonds. The Balaban J connectivity index is 1.26. The summed E-state index contributed by atoms with van der Waals surface area (Å²) in [4.78, 5) is 4.73. The molecule has 8 rings (SSSR count). The Hall–Kier alpha value is -5.61. The Bertz CT molecular complexity index is 1920. The van der Waals surface area contributed by atoms with Gasteiger partial charge in [0.05, 0.1) is 11.1 Å². The van der Waals surface area contributed by atoms with E-state index in [-0.39, 0.29) is 6.23 Å². The number of oxazole rings is 1. The lowest BCUT2D eigenvalue weighted by Crippen LogP contribution is -2.31. The van der Waals surface area contributed by atoms with Crippen LogP contribution in [0, 0.1) is 0 Å². The number of para-hydroxylation sites is 4. The number of rotatable bonds is 6. The van der Waals surface area contributed by atoms with Gasteiger partial charge in [-0.05, 0) is 58.7 Å². The van der Waals surface area contributed by atoms with Gasteiger partial charge in [0.2, 0.25) is 5.89 Å². The second kappa shape index (κ2) is 10.3. The predicted octanol–water partition coefficient (Wildman–Crippen LogP) is 9.38. The molecule has 1 atom stereocenters. The monoisotopic (exact) mass is 556 g/mol. The van der Waals surface area contributed by atoms with Crippen LogP contribution >= 0.6 is 0 Å². The molecule has 4 heteroatoms. The van der Waals surface area contributed by atoms with Gasteiger partial charge >= 0.3 is 0 Å². The lowest BCUT2D eigenvalue weighted by Gasteiger charge is -2.37. The number of fused-ring (bicyclic) bond motifs is 2. The molecule has 0 fully saturated rings. The van der Waals surface area contributed by atoms with Crippen molar-refractivity contribution in [3.05, 3.63) is 186 Å². The minimum absolute atomic E-state index is 0.232. The van der Waals surface area contributed by atoms with Gasteiger partial charge in [-0.2, -0.15) is 0 Å². The number of anilines is 1. The number of ether oxygens (including phenoxy) is 1. The van der Waals surface area contributed by atoms with Crippen molar-refractivity contribution in [2.24, 2.45) is 0 Å². The molecule has 1 aromatic heterocycles. The van der Waals surface area contributed by atoms with Crippen molar-refractivity contribution in [1.29, 1.82) is 0 Å². The number of nitrogens with one attached hydrogen (secondary N) is 1. The fourth-order valence-corrected chi connectivity index (χ4v) is 6.28. The molecule has 206 valence electrons. The number of hydrogen-bond acceptors (Lipinski definition) is 4. The molecule has 6 aromatic carbocycles. The lowest BCUT2D eigenvalue weighted by atomic mass is 9.65. The van der Waals surface area contributed by atoms with Gasteiger partial charge in [-0.3, -0.25) is 0 Å². The molecule has 1 unspecified atom stereocenters. The van der Waals surface area contributed by atoms with Crippen LogP contribution < -0.4 is 10.1 Å². The van der Waals surface area contributed by atoms with Crippen LogP contribution in [0.5, 0.6) is 5.75 Å². The third-order valence-electron chi connectivity index (χ3n) is 8.34. The Morgan fingerprint density at radius 1 is 0.535 bits per heavy atom. The summed E-state index contributed by atoms with van der Waals surface area (Å²) < 4.78 is 12.3. The van der Waals surface area contributed by atoms with E-state index in [2.05, 4.69) is 115 Å². The number of aromatic nitrogens is 1. The van der Waals surface area contributed by atoms with Crippen molar-refractivity contribution < 1.29 is 9.15 Å². The van der Waals surface area contributed by atoms with Crippen LogP contribution in [0.25, 0.3) is 22.6 Å². The van der Waals surface area contributed by atoms with Crippen LogP contribution in [0.1, 0.15) is 34.0 Å². The highest BCUT2D eigenvalue weighted by atomic mass is 16.5. The molecule has 0 spiro atoms. The van der Waals surface area contributed by atoms with Crippen molar-refractivity contribution in [2.45, 2.75) is 11.6 Å². The van der Waals surface area contributed by atoms with E-state index in [1.807, 2.05) is 48.5 Å². The van der Waals surface area contributed by atoms with Crippen LogP contribution in [0.15, 0.2) is 162 Å². The second-order valence-electron chi connectivity index (χ2n) is 10.8. The van der Waals surface area contributed by atoms with Gasteiger partial charge in [0.15, 0.2) is 11.8 Å². The molecule has 0 saturated carbocycles. The summed E-state index contributed by atoms with van der Waals surface area (Å²) in [5.74, 6) is 1.49. The Labute approximate surface area is 250 Å². The smallest absolute Gasteiger partial charge is 0.227 e. The zero-order valence-electron chi connectivity index (χ0n) is 23.4. The predicted molar refractivity (Wildman–Crippen MR) is 171 cm³/mol. The quantitative estimate of drug-likeness (QED) is 0.207. The van der Waals surface area contributed by atoms with Crippen LogP contribution in [0.3, 0.4) is 0 Å². The molecule has 0 bridgehead atoms. The molecule has 0 radical (unpaired) electrons. The minimum atomic E-state index is -0.562. The fraction of sp³-hybridized carbons (Fsp3) is 0.0513. The van der Waals surface area contributed by atoms with Crippen molar-refractivity contribution >= 4 is 16.8 Å². The SMILES string of the molecule is c1ccc(C(c2ccccc2)(c2ccc(-c3nc4ccccc4o3)cc2)c2ccc(C3Nc4ccccc4O3)cc2)cc1. The average Bonchev–Trinajstić information content (AvgIpc) is 3.72. The first-order chi connectivity index (χ1) is 21.3. The van der Waals surface area contributed by atoms with Gasteiger partial charge in [0.1, 0.15) is 11.3 Å². The summed E-state index contributed by atoms with van der Waals surface area (Å²) in [6, 6.07) is 54.8. The highest BCUT2D eigenvalue weighted by Gasteiger charge is 2.38. The summed E-state index contributed by atoms with van der Waals surface area (Å²) in [5.41, 5.74) is 8.79. The van der Waals surface area contributed by atoms with Gasteiger partial charge in [-0.1, -0.05) is 121 Å². The zero-order valence-corrected chi connectivity index (χ0v) is 23.4. The summed E-state index contributed by atoms with van der Waals surface area (Å²) >= 11 is 0. The molecular weight excluding hydrogens is 528 g/mol. The molecule has 0 saturated heterocycles. The number of nitrogens with zero attached hydrogens (tertiary/aromatic N) is 1. The van der Waals surface area contributed by atoms with Gasteiger partial charge in [0.25, 0.3) is 0 Å². The maximum Gasteiger partial charge on any atom is 0.227 e. The van der Waals surface area contributed by atoms with Gasteiger partial charge in [0, 0.05) is 11.1 Å². The highest BCUT2D eigenvalue weighted by molar-refractivity contribution is 5.76. The number of hydrogen-bond donors (Lipinski definition) is 1. The number of benzene rings is 6. The topological polar surface area (TPSA) is 47.3 Å². The molecule has 7 aromatic rings. The summed E-state index contributed by atoms with van der Waals surface area (Å²) in [6.07, 6.45) is -0.232. The van der Waals surface area contributed by atoms with E-state index in [1.54, 1.807) is 0 Å². The molecule has 2 heterocycles. The Morgan fingerprint density at radius 2 is 1.09 bits per heavy atom. The third-order valence-corrected chi connectivity index (χ3v) is 8.34. The molecule has 4 nitrogen and oxygen atoms in total. The molecule has 1 aliphatic heterocycles. The van der Waals surface area contributed by atoms with E-state index in [1.165, 1.54) is 16.7 Å². The van der Waals surface area contributed by atoms with Crippen LogP contribution in [0.2, 0.25) is 0 Å². The largest absolute Gasteiger partial charge is 0.464 e. The highest BCUT2D eigenvalue weighted by Crippen LogP contribution is 2.46. The second-order valence-corrected chi connectivity index (χ2v) is 10.8. The molecule has 1 N–H and O–H groups in total. The van der Waals surface area contributed by atoms with Crippen LogP contribution in [-0.4, -0.2) is 4.98 Å². The first-order valence-corrected chi connectivity index (χ1v) is 14.5. The Kier molecular flexibility index (Phi) is 6.04. The molecule has 43 heavy (non-hydrogen) atoms. The summed E-state index contributed by atoms with van der Waals surface area (Å²) in [7, 11) is 0. The van der Waals surface area contributed by atoms with Crippen molar-refractivity contribution in [3.8, 4) is 17.2 Å². The first-order valence-electron chi connectivity index (χ1n) is 14.5. The van der Waals surface area contributed by atoms with E-state index in [9.17, 15) is 0 Å². The summed E-state index contributed by atoms with van der Waals surface area (Å²) in [6.45, 7) is 0. The van der Waals surface area contributed by atoms with E-state index in [4.69, 9.17) is 14.1 Å². The van der Waals surface area contributed by atoms with Crippen molar-refractivity contribution in [2.75, 3.05) is 5.32 Å². The first kappa shape index (κ1) is 25.1. The molecule has 1 aliphatic rings. The van der Waals surface area contributed by atoms with Crippen molar-refractivity contribution in [1.82, 2.24) is 4.98 Å². The third kappa shape index (κ3) is 4.27. The van der Waals surface area contributed by atoms with E-state index in [0.717, 1.165) is 39.2 Å². The lowest BCUT2D eigenvalue weighted by molar-refractivity contribution is 0.260. The van der Waals surface area contributed by atoms with Gasteiger partial charge in [-0.15, -0.1) is 0 Å². The van der Waals surface area contributed by atoms with Crippen LogP contribution in [-0.2, 0) is 5.41 Å². The van der Waals surface area contributed by atoms with E-state index >= 15 is 0 Å². The van der Waals surface area contributed by atoms with Gasteiger partial charge < -0.3 is 14.5 Å². The van der Waals surface area contributed by atoms with E-state index in [0.29, 0.717) is 5.89 Å². The van der Waals surface area contributed by atoms with E-state index < -0.39 is 5.41 Å². The zero-order chi connectivity index (χ0) is 28.6. The van der Waals surface area contributed by atoms with Gasteiger partial charge in [-0.25, -0.2) is 4.98 Å². The standard InChI is InChI=1S/C39H28N2O2/c1-3-11-29(12-4-1)39(30-13-5-2-6-14-30,31-23-19-27(20-24-31)37-40-33-15-7-9-17-35(33)42-37)32-25-21-28(22-26-32)38-41-34-16-8-10-18-36(34)43-38/h1-26,37,40H. The maximum absolute atomic E-state index is 6.22. The normalized spacial score (nSPS) is 14.2. The van der Waals surface area contributed by atoms with Crippen LogP contribution in [0.4, 0.5) is 5.69 Å². The Morgan fingerprint density at radius 3 is 1.74 bits per heavy atom. The fourth-order valence-electron chi connectivity index (χ4n) is 6.28. The van der Waals surface area contributed by atoms with Crippen molar-refractivity contribution in [3.63, 3.8) is 0 Å². The minimum Gasteiger partial charge on any atom is -0.464 e.